The zero-order chi connectivity index (χ0) is 24.6. The van der Waals surface area contributed by atoms with Crippen LogP contribution in [0.1, 0.15) is 38.1 Å². The summed E-state index contributed by atoms with van der Waals surface area (Å²) in [6, 6.07) is 7.17. The molecule has 9 heteroatoms. The molecule has 3 rings (SSSR count). The number of fused-ring (bicyclic) bond motifs is 1. The van der Waals surface area contributed by atoms with Gasteiger partial charge in [0, 0.05) is 30.3 Å². The predicted octanol–water partition coefficient (Wildman–Crippen LogP) is 4.25. The van der Waals surface area contributed by atoms with Crippen LogP contribution in [0.15, 0.2) is 30.3 Å². The van der Waals surface area contributed by atoms with Crippen LogP contribution in [0.3, 0.4) is 0 Å². The van der Waals surface area contributed by atoms with Crippen molar-refractivity contribution in [3.05, 3.63) is 47.4 Å². The topological polar surface area (TPSA) is 80.8 Å². The average molecular weight is 474 g/mol. The minimum absolute atomic E-state index is 0.253. The summed E-state index contributed by atoms with van der Waals surface area (Å²) < 4.78 is 25.5. The zero-order valence-electron chi connectivity index (χ0n) is 20.3. The second-order valence-electron chi connectivity index (χ2n) is 10.1. The fourth-order valence-electron chi connectivity index (χ4n) is 3.79. The number of hydrogen-bond donors (Lipinski definition) is 1. The smallest absolute Gasteiger partial charge is 0.411 e. The molecule has 1 aromatic heterocycles. The van der Waals surface area contributed by atoms with E-state index in [4.69, 9.17) is 9.47 Å². The number of amides is 2. The highest BCUT2D eigenvalue weighted by Gasteiger charge is 2.39. The van der Waals surface area contributed by atoms with E-state index in [-0.39, 0.29) is 12.4 Å². The lowest BCUT2D eigenvalue weighted by molar-refractivity contribution is -0.122. The van der Waals surface area contributed by atoms with Crippen molar-refractivity contribution in [1.82, 2.24) is 9.88 Å². The van der Waals surface area contributed by atoms with Crippen molar-refractivity contribution in [2.24, 2.45) is 0 Å². The van der Waals surface area contributed by atoms with E-state index in [2.05, 4.69) is 29.9 Å². The molecule has 33 heavy (non-hydrogen) atoms. The van der Waals surface area contributed by atoms with E-state index in [1.54, 1.807) is 45.0 Å². The van der Waals surface area contributed by atoms with Gasteiger partial charge in [0.2, 0.25) is 5.88 Å². The maximum absolute atomic E-state index is 14.7. The monoisotopic (exact) mass is 473 g/mol. The number of nitrogens with one attached hydrogen (secondary N) is 1. The van der Waals surface area contributed by atoms with Crippen LogP contribution in [0.2, 0.25) is 19.6 Å². The van der Waals surface area contributed by atoms with E-state index in [0.717, 1.165) is 0 Å². The lowest BCUT2D eigenvalue weighted by Crippen LogP contribution is -2.47. The molecule has 0 spiro atoms. The van der Waals surface area contributed by atoms with E-state index >= 15 is 0 Å². The van der Waals surface area contributed by atoms with Gasteiger partial charge < -0.3 is 14.8 Å². The lowest BCUT2D eigenvalue weighted by Gasteiger charge is -2.36. The Hall–Kier alpha value is -2.94. The van der Waals surface area contributed by atoms with Gasteiger partial charge in [-0.3, -0.25) is 9.69 Å². The molecule has 1 N–H and O–H groups in total. The van der Waals surface area contributed by atoms with Crippen molar-refractivity contribution >= 4 is 30.9 Å². The minimum atomic E-state index is -1.86. The highest BCUT2D eigenvalue weighted by molar-refractivity contribution is 6.88. The van der Waals surface area contributed by atoms with Crippen LogP contribution < -0.4 is 15.2 Å². The molecule has 7 nitrogen and oxygen atoms in total. The third-order valence-electron chi connectivity index (χ3n) is 5.31. The molecule has 0 bridgehead atoms. The van der Waals surface area contributed by atoms with Crippen LogP contribution in [-0.4, -0.2) is 49.2 Å². The number of rotatable bonds is 4. The third-order valence-corrected chi connectivity index (χ3v) is 7.33. The largest absolute Gasteiger partial charge is 0.481 e. The Bertz CT molecular complexity index is 1060. The highest BCUT2D eigenvalue weighted by atomic mass is 28.3. The molecule has 1 aliphatic rings. The number of methoxy groups -OCH3 is 1. The van der Waals surface area contributed by atoms with Crippen LogP contribution in [0, 0.1) is 5.82 Å². The summed E-state index contributed by atoms with van der Waals surface area (Å²) in [6.07, 6.45) is -0.140. The molecule has 178 valence electrons. The number of hydrogen-bond acceptors (Lipinski definition) is 5. The zero-order valence-corrected chi connectivity index (χ0v) is 21.3. The Morgan fingerprint density at radius 2 is 1.88 bits per heavy atom. The van der Waals surface area contributed by atoms with Crippen molar-refractivity contribution in [2.45, 2.75) is 58.5 Å². The molecular weight excluding hydrogens is 441 g/mol. The van der Waals surface area contributed by atoms with Crippen molar-refractivity contribution in [2.75, 3.05) is 19.0 Å². The summed E-state index contributed by atoms with van der Waals surface area (Å²) in [4.78, 5) is 32.2. The molecule has 1 aromatic carbocycles. The first-order chi connectivity index (χ1) is 15.3. The molecule has 2 heterocycles. The first kappa shape index (κ1) is 24.7. The van der Waals surface area contributed by atoms with Gasteiger partial charge in [-0.15, -0.1) is 0 Å². The molecule has 1 atom stereocenters. The molecule has 0 saturated heterocycles. The van der Waals surface area contributed by atoms with E-state index in [9.17, 15) is 14.0 Å². The van der Waals surface area contributed by atoms with Gasteiger partial charge in [0.1, 0.15) is 17.5 Å². The third kappa shape index (κ3) is 5.71. The summed E-state index contributed by atoms with van der Waals surface area (Å²) in [5, 5.41) is 3.47. The SMILES string of the molecule is COc1ccc2c(n1)CCN(C(=O)OC(C)(C)C)[C@@H]2C(=O)Nc1ccc([Si](C)(C)C)c(F)c1. The molecule has 0 fully saturated rings. The summed E-state index contributed by atoms with van der Waals surface area (Å²) >= 11 is 0. The van der Waals surface area contributed by atoms with Crippen LogP contribution in [-0.2, 0) is 16.0 Å². The summed E-state index contributed by atoms with van der Waals surface area (Å²) in [5.41, 5.74) is 0.878. The summed E-state index contributed by atoms with van der Waals surface area (Å²) in [5.74, 6) is -0.372. The van der Waals surface area contributed by atoms with Crippen LogP contribution in [0.5, 0.6) is 5.88 Å². The molecule has 0 radical (unpaired) electrons. The van der Waals surface area contributed by atoms with Crippen molar-refractivity contribution in [3.8, 4) is 5.88 Å². The van der Waals surface area contributed by atoms with Crippen LogP contribution in [0.4, 0.5) is 14.9 Å². The molecule has 0 aliphatic carbocycles. The van der Waals surface area contributed by atoms with Gasteiger partial charge in [-0.1, -0.05) is 25.7 Å². The first-order valence-corrected chi connectivity index (χ1v) is 14.4. The van der Waals surface area contributed by atoms with Gasteiger partial charge in [0.25, 0.3) is 5.91 Å². The predicted molar refractivity (Wildman–Crippen MR) is 128 cm³/mol. The van der Waals surface area contributed by atoms with Gasteiger partial charge in [-0.2, -0.15) is 0 Å². The molecule has 2 amide bonds. The maximum atomic E-state index is 14.7. The van der Waals surface area contributed by atoms with E-state index in [1.165, 1.54) is 18.1 Å². The van der Waals surface area contributed by atoms with Gasteiger partial charge in [-0.05, 0) is 44.2 Å². The summed E-state index contributed by atoms with van der Waals surface area (Å²) in [6.45, 7) is 11.7. The standard InChI is InChI=1S/C24H32FN3O4Si/c1-24(2,3)32-23(30)28-13-12-18-16(9-11-20(27-18)31-4)21(28)22(29)26-15-8-10-19(17(25)14-15)33(5,6)7/h8-11,14,21H,12-13H2,1-7H3,(H,26,29)/t21-/m0/s1. The number of anilines is 1. The number of carbonyl (C=O) groups is 2. The number of ether oxygens (including phenoxy) is 2. The number of pyridine rings is 1. The molecule has 1 aliphatic heterocycles. The average Bonchev–Trinajstić information content (AvgIpc) is 2.70. The van der Waals surface area contributed by atoms with Crippen molar-refractivity contribution in [1.29, 1.82) is 0 Å². The second-order valence-corrected chi connectivity index (χ2v) is 15.2. The minimum Gasteiger partial charge on any atom is -0.481 e. The van der Waals surface area contributed by atoms with E-state index in [0.29, 0.717) is 34.4 Å². The second kappa shape index (κ2) is 9.13. The Labute approximate surface area is 195 Å². The Morgan fingerprint density at radius 3 is 2.45 bits per heavy atom. The lowest BCUT2D eigenvalue weighted by atomic mass is 9.96. The number of benzene rings is 1. The Kier molecular flexibility index (Phi) is 6.83. The quantitative estimate of drug-likeness (QED) is 0.672. The van der Waals surface area contributed by atoms with E-state index in [1.807, 2.05) is 0 Å². The molecule has 0 saturated carbocycles. The Balaban J connectivity index is 1.95. The number of halogens is 1. The van der Waals surface area contributed by atoms with Gasteiger partial charge in [0.15, 0.2) is 0 Å². The van der Waals surface area contributed by atoms with Crippen molar-refractivity contribution < 1.29 is 23.5 Å². The van der Waals surface area contributed by atoms with E-state index < -0.39 is 31.7 Å². The number of carbonyl (C=O) groups excluding carboxylic acids is 2. The normalized spacial score (nSPS) is 16.1. The highest BCUT2D eigenvalue weighted by Crippen LogP contribution is 2.32. The number of nitrogens with zero attached hydrogens (tertiary/aromatic N) is 2. The van der Waals surface area contributed by atoms with Crippen LogP contribution >= 0.6 is 0 Å². The summed E-state index contributed by atoms with van der Waals surface area (Å²) in [7, 11) is -0.334. The fourth-order valence-corrected chi connectivity index (χ4v) is 5.16. The Morgan fingerprint density at radius 1 is 1.18 bits per heavy atom. The van der Waals surface area contributed by atoms with Crippen LogP contribution in [0.25, 0.3) is 0 Å². The molecule has 0 unspecified atom stereocenters. The maximum Gasteiger partial charge on any atom is 0.411 e. The molecule has 2 aromatic rings. The van der Waals surface area contributed by atoms with Crippen molar-refractivity contribution in [3.63, 3.8) is 0 Å². The molecular formula is C24H32FN3O4Si. The fraction of sp³-hybridized carbons (Fsp3) is 0.458. The van der Waals surface area contributed by atoms with Gasteiger partial charge >= 0.3 is 6.09 Å². The van der Waals surface area contributed by atoms with Gasteiger partial charge in [-0.25, -0.2) is 14.2 Å². The number of aromatic nitrogens is 1. The van der Waals surface area contributed by atoms with Gasteiger partial charge in [0.05, 0.1) is 20.9 Å². The first-order valence-electron chi connectivity index (χ1n) is 10.9.